The van der Waals surface area contributed by atoms with Crippen molar-refractivity contribution in [1.82, 2.24) is 14.9 Å². The molecule has 0 aliphatic heterocycles. The van der Waals surface area contributed by atoms with Gasteiger partial charge in [0.25, 0.3) is 0 Å². The van der Waals surface area contributed by atoms with Crippen molar-refractivity contribution in [1.29, 1.82) is 0 Å². The largest absolute Gasteiger partial charge is 0.330 e. The van der Waals surface area contributed by atoms with Gasteiger partial charge in [-0.15, -0.1) is 0 Å². The summed E-state index contributed by atoms with van der Waals surface area (Å²) in [6.45, 7) is 9.80. The number of aromatic nitrogens is 2. The van der Waals surface area contributed by atoms with Crippen LogP contribution in [0.2, 0.25) is 0 Å². The Morgan fingerprint density at radius 1 is 1.19 bits per heavy atom. The predicted octanol–water partition coefficient (Wildman–Crippen LogP) is 4.06. The van der Waals surface area contributed by atoms with Crippen LogP contribution in [0.15, 0.2) is 36.7 Å². The number of nitrogens with zero attached hydrogens (tertiary/aromatic N) is 2. The van der Waals surface area contributed by atoms with Crippen LogP contribution in [0, 0.1) is 6.92 Å². The molecule has 3 heteroatoms. The van der Waals surface area contributed by atoms with Gasteiger partial charge in [0.15, 0.2) is 0 Å². The summed E-state index contributed by atoms with van der Waals surface area (Å²) in [4.78, 5) is 4.46. The molecule has 2 atom stereocenters. The zero-order valence-corrected chi connectivity index (χ0v) is 13.6. The van der Waals surface area contributed by atoms with E-state index in [1.54, 1.807) is 0 Å². The monoisotopic (exact) mass is 285 g/mol. The van der Waals surface area contributed by atoms with Gasteiger partial charge >= 0.3 is 0 Å². The summed E-state index contributed by atoms with van der Waals surface area (Å²) in [5, 5.41) is 3.70. The number of benzene rings is 1. The van der Waals surface area contributed by atoms with Gasteiger partial charge in [-0.25, -0.2) is 4.98 Å². The topological polar surface area (TPSA) is 29.9 Å². The summed E-state index contributed by atoms with van der Waals surface area (Å²) < 4.78 is 2.30. The Labute approximate surface area is 128 Å². The van der Waals surface area contributed by atoms with Crippen LogP contribution in [0.25, 0.3) is 0 Å². The van der Waals surface area contributed by atoms with E-state index in [4.69, 9.17) is 0 Å². The summed E-state index contributed by atoms with van der Waals surface area (Å²) in [6, 6.07) is 9.51. The molecule has 0 aliphatic carbocycles. The van der Waals surface area contributed by atoms with Crippen LogP contribution in [0.3, 0.4) is 0 Å². The fourth-order valence-corrected chi connectivity index (χ4v) is 2.79. The molecule has 1 heterocycles. The van der Waals surface area contributed by atoms with E-state index in [0.29, 0.717) is 12.1 Å². The molecule has 0 aliphatic rings. The van der Waals surface area contributed by atoms with E-state index in [1.807, 2.05) is 6.20 Å². The van der Waals surface area contributed by atoms with Gasteiger partial charge in [0.2, 0.25) is 0 Å². The molecule has 3 nitrogen and oxygen atoms in total. The Morgan fingerprint density at radius 2 is 1.90 bits per heavy atom. The van der Waals surface area contributed by atoms with E-state index in [2.05, 4.69) is 73.0 Å². The van der Waals surface area contributed by atoms with Crippen LogP contribution in [-0.4, -0.2) is 16.1 Å². The Hall–Kier alpha value is -1.61. The van der Waals surface area contributed by atoms with Crippen LogP contribution in [-0.2, 0) is 6.42 Å². The standard InChI is InChI=1S/C18H27N3/c1-5-11-20-18(16-9-7-14(3)8-10-16)15(4)21-13-12-19-17(21)6-2/h7-10,12-13,15,18,20H,5-6,11H2,1-4H3. The number of imidazole rings is 1. The average molecular weight is 285 g/mol. The van der Waals surface area contributed by atoms with Gasteiger partial charge in [-0.2, -0.15) is 0 Å². The molecule has 0 saturated heterocycles. The lowest BCUT2D eigenvalue weighted by Crippen LogP contribution is -2.30. The van der Waals surface area contributed by atoms with Gasteiger partial charge in [0, 0.05) is 18.8 Å². The quantitative estimate of drug-likeness (QED) is 0.831. The van der Waals surface area contributed by atoms with Crippen molar-refractivity contribution in [2.75, 3.05) is 6.54 Å². The molecule has 0 saturated carbocycles. The van der Waals surface area contributed by atoms with Crippen LogP contribution in [0.4, 0.5) is 0 Å². The lowest BCUT2D eigenvalue weighted by atomic mass is 9.98. The van der Waals surface area contributed by atoms with Crippen LogP contribution in [0.5, 0.6) is 0 Å². The Kier molecular flexibility index (Phi) is 5.57. The first-order valence-electron chi connectivity index (χ1n) is 7.99. The summed E-state index contributed by atoms with van der Waals surface area (Å²) in [7, 11) is 0. The lowest BCUT2D eigenvalue weighted by Gasteiger charge is -2.28. The molecule has 0 radical (unpaired) electrons. The maximum atomic E-state index is 4.46. The van der Waals surface area contributed by atoms with E-state index in [9.17, 15) is 0 Å². The number of hydrogen-bond donors (Lipinski definition) is 1. The summed E-state index contributed by atoms with van der Waals surface area (Å²) in [5.74, 6) is 1.15. The zero-order valence-electron chi connectivity index (χ0n) is 13.6. The minimum Gasteiger partial charge on any atom is -0.330 e. The smallest absolute Gasteiger partial charge is 0.108 e. The summed E-state index contributed by atoms with van der Waals surface area (Å²) in [6.07, 6.45) is 6.10. The van der Waals surface area contributed by atoms with Crippen molar-refractivity contribution in [2.24, 2.45) is 0 Å². The van der Waals surface area contributed by atoms with Gasteiger partial charge in [-0.05, 0) is 32.4 Å². The predicted molar refractivity (Wildman–Crippen MR) is 88.5 cm³/mol. The molecular weight excluding hydrogens is 258 g/mol. The Morgan fingerprint density at radius 3 is 2.52 bits per heavy atom. The van der Waals surface area contributed by atoms with Crippen molar-refractivity contribution in [3.63, 3.8) is 0 Å². The van der Waals surface area contributed by atoms with E-state index in [1.165, 1.54) is 11.1 Å². The first-order chi connectivity index (χ1) is 10.2. The molecular formula is C18H27N3. The maximum absolute atomic E-state index is 4.46. The molecule has 21 heavy (non-hydrogen) atoms. The van der Waals surface area contributed by atoms with Crippen molar-refractivity contribution in [2.45, 2.75) is 52.6 Å². The normalized spacial score (nSPS) is 14.1. The Bertz CT molecular complexity index is 542. The lowest BCUT2D eigenvalue weighted by molar-refractivity contribution is 0.371. The first-order valence-corrected chi connectivity index (χ1v) is 7.99. The maximum Gasteiger partial charge on any atom is 0.108 e. The second-order valence-corrected chi connectivity index (χ2v) is 5.69. The molecule has 0 spiro atoms. The van der Waals surface area contributed by atoms with Gasteiger partial charge in [0.05, 0.1) is 12.1 Å². The highest BCUT2D eigenvalue weighted by molar-refractivity contribution is 5.25. The second kappa shape index (κ2) is 7.41. The van der Waals surface area contributed by atoms with Crippen molar-refractivity contribution >= 4 is 0 Å². The van der Waals surface area contributed by atoms with Crippen molar-refractivity contribution < 1.29 is 0 Å². The number of hydrogen-bond acceptors (Lipinski definition) is 2. The molecule has 0 amide bonds. The molecule has 0 bridgehead atoms. The zero-order chi connectivity index (χ0) is 15.2. The van der Waals surface area contributed by atoms with Gasteiger partial charge < -0.3 is 9.88 Å². The molecule has 1 aromatic heterocycles. The van der Waals surface area contributed by atoms with Crippen LogP contribution < -0.4 is 5.32 Å². The molecule has 114 valence electrons. The highest BCUT2D eigenvalue weighted by Crippen LogP contribution is 2.27. The highest BCUT2D eigenvalue weighted by atomic mass is 15.1. The van der Waals surface area contributed by atoms with Crippen LogP contribution in [0.1, 0.15) is 56.2 Å². The minimum absolute atomic E-state index is 0.310. The fraction of sp³-hybridized carbons (Fsp3) is 0.500. The van der Waals surface area contributed by atoms with E-state index >= 15 is 0 Å². The van der Waals surface area contributed by atoms with E-state index in [-0.39, 0.29) is 0 Å². The Balaban J connectivity index is 2.28. The molecule has 1 aromatic carbocycles. The van der Waals surface area contributed by atoms with Crippen LogP contribution >= 0.6 is 0 Å². The minimum atomic E-state index is 0.310. The second-order valence-electron chi connectivity index (χ2n) is 5.69. The number of nitrogens with one attached hydrogen (secondary N) is 1. The third kappa shape index (κ3) is 3.73. The van der Waals surface area contributed by atoms with Crippen molar-refractivity contribution in [3.8, 4) is 0 Å². The summed E-state index contributed by atoms with van der Waals surface area (Å²) in [5.41, 5.74) is 2.65. The van der Waals surface area contributed by atoms with Gasteiger partial charge in [-0.3, -0.25) is 0 Å². The molecule has 1 N–H and O–H groups in total. The third-order valence-corrected chi connectivity index (χ3v) is 4.04. The van der Waals surface area contributed by atoms with Gasteiger partial charge in [-0.1, -0.05) is 43.7 Å². The molecule has 2 rings (SSSR count). The average Bonchev–Trinajstić information content (AvgIpc) is 2.97. The molecule has 2 aromatic rings. The number of rotatable bonds is 7. The number of aryl methyl sites for hydroxylation is 2. The third-order valence-electron chi connectivity index (χ3n) is 4.04. The van der Waals surface area contributed by atoms with Gasteiger partial charge in [0.1, 0.15) is 5.82 Å². The fourth-order valence-electron chi connectivity index (χ4n) is 2.79. The first kappa shape index (κ1) is 15.8. The molecule has 0 fully saturated rings. The summed E-state index contributed by atoms with van der Waals surface area (Å²) >= 11 is 0. The van der Waals surface area contributed by atoms with E-state index < -0.39 is 0 Å². The SMILES string of the molecule is CCCNC(c1ccc(C)cc1)C(C)n1ccnc1CC. The molecule has 2 unspecified atom stereocenters. The highest BCUT2D eigenvalue weighted by Gasteiger charge is 2.21. The van der Waals surface area contributed by atoms with E-state index in [0.717, 1.165) is 25.2 Å². The van der Waals surface area contributed by atoms with Crippen molar-refractivity contribution in [3.05, 3.63) is 53.6 Å².